The number of rotatable bonds is 6. The number of likely N-dealkylation sites (tertiary alicyclic amines) is 1. The predicted octanol–water partition coefficient (Wildman–Crippen LogP) is 3.87. The molecule has 2 aromatic carbocycles. The lowest BCUT2D eigenvalue weighted by Gasteiger charge is -2.33. The number of nitrogens with zero attached hydrogens (tertiary/aromatic N) is 1. The number of carbonyl (C=O) groups is 2. The van der Waals surface area contributed by atoms with Crippen LogP contribution in [0.1, 0.15) is 36.4 Å². The van der Waals surface area contributed by atoms with Gasteiger partial charge in [-0.15, -0.1) is 12.4 Å². The molecule has 162 valence electrons. The van der Waals surface area contributed by atoms with Crippen molar-refractivity contribution >= 4 is 30.0 Å². The molecule has 6 nitrogen and oxygen atoms in total. The fourth-order valence-electron chi connectivity index (χ4n) is 3.64. The highest BCUT2D eigenvalue weighted by Crippen LogP contribution is 2.20. The molecule has 0 bridgehead atoms. The first-order chi connectivity index (χ1) is 14.0. The molecular weight excluding hydrogens is 400 g/mol. The zero-order chi connectivity index (χ0) is 20.6. The normalized spacial score (nSPS) is 16.9. The van der Waals surface area contributed by atoms with Crippen molar-refractivity contribution in [3.8, 4) is 0 Å². The second-order valence-electron chi connectivity index (χ2n) is 7.77. The van der Waals surface area contributed by atoms with Gasteiger partial charge >= 0.3 is 6.03 Å². The van der Waals surface area contributed by atoms with E-state index < -0.39 is 0 Å². The number of nitrogens with two attached hydrogens (primary N) is 1. The number of benzene rings is 2. The van der Waals surface area contributed by atoms with Gasteiger partial charge in [0.2, 0.25) is 5.91 Å². The molecule has 0 aromatic heterocycles. The molecule has 0 radical (unpaired) electrons. The van der Waals surface area contributed by atoms with E-state index in [1.165, 1.54) is 0 Å². The van der Waals surface area contributed by atoms with E-state index in [4.69, 9.17) is 5.73 Å². The van der Waals surface area contributed by atoms with Crippen LogP contribution in [0.5, 0.6) is 0 Å². The van der Waals surface area contributed by atoms with Crippen molar-refractivity contribution in [3.63, 3.8) is 0 Å². The van der Waals surface area contributed by atoms with E-state index in [1.54, 1.807) is 0 Å². The van der Waals surface area contributed by atoms with Gasteiger partial charge < -0.3 is 21.3 Å². The summed E-state index contributed by atoms with van der Waals surface area (Å²) in [4.78, 5) is 26.7. The number of urea groups is 1. The molecule has 1 aliphatic heterocycles. The Kier molecular flexibility index (Phi) is 9.15. The van der Waals surface area contributed by atoms with E-state index in [9.17, 15) is 9.59 Å². The molecule has 1 heterocycles. The van der Waals surface area contributed by atoms with Gasteiger partial charge in [0, 0.05) is 37.8 Å². The molecular formula is C23H31ClN4O2. The zero-order valence-electron chi connectivity index (χ0n) is 17.3. The molecule has 1 aliphatic rings. The van der Waals surface area contributed by atoms with Crippen molar-refractivity contribution in [2.24, 2.45) is 11.7 Å². The molecule has 0 spiro atoms. The molecule has 2 unspecified atom stereocenters. The third-order valence-corrected chi connectivity index (χ3v) is 5.35. The maximum atomic E-state index is 12.7. The number of amides is 3. The standard InChI is InChI=1S/C23H30N4O2.ClH/c1-17-9-11-20(12-10-17)26-23(29)25-15-18-6-5-13-27(16-18)22(28)14-21(24)19-7-3-2-4-8-19;/h2-4,7-12,18,21H,5-6,13-16,24H2,1H3,(H2,25,26,29);1H. The minimum atomic E-state index is -0.289. The summed E-state index contributed by atoms with van der Waals surface area (Å²) in [7, 11) is 0. The lowest BCUT2D eigenvalue weighted by Crippen LogP contribution is -2.44. The average Bonchev–Trinajstić information content (AvgIpc) is 2.74. The highest BCUT2D eigenvalue weighted by molar-refractivity contribution is 5.89. The van der Waals surface area contributed by atoms with Crippen LogP contribution in [0, 0.1) is 12.8 Å². The van der Waals surface area contributed by atoms with Crippen LogP contribution >= 0.6 is 12.4 Å². The van der Waals surface area contributed by atoms with E-state index in [1.807, 2.05) is 66.4 Å². The summed E-state index contributed by atoms with van der Waals surface area (Å²) in [5.41, 5.74) is 9.10. The Balaban J connectivity index is 0.00000320. The van der Waals surface area contributed by atoms with E-state index in [2.05, 4.69) is 10.6 Å². The van der Waals surface area contributed by atoms with Gasteiger partial charge in [0.1, 0.15) is 0 Å². The Bertz CT molecular complexity index is 814. The number of anilines is 1. The topological polar surface area (TPSA) is 87.5 Å². The highest BCUT2D eigenvalue weighted by atomic mass is 35.5. The number of nitrogens with one attached hydrogen (secondary N) is 2. The SMILES string of the molecule is Cc1ccc(NC(=O)NCC2CCCN(C(=O)CC(N)c3ccccc3)C2)cc1.Cl. The van der Waals surface area contributed by atoms with Gasteiger partial charge in [0.15, 0.2) is 0 Å². The van der Waals surface area contributed by atoms with Crippen LogP contribution in [0.4, 0.5) is 10.5 Å². The van der Waals surface area contributed by atoms with Gasteiger partial charge in [-0.3, -0.25) is 4.79 Å². The van der Waals surface area contributed by atoms with Gasteiger partial charge in [-0.05, 0) is 43.4 Å². The highest BCUT2D eigenvalue weighted by Gasteiger charge is 2.25. The molecule has 30 heavy (non-hydrogen) atoms. The van der Waals surface area contributed by atoms with Crippen molar-refractivity contribution in [1.29, 1.82) is 0 Å². The molecule has 2 aromatic rings. The second kappa shape index (κ2) is 11.6. The summed E-state index contributed by atoms with van der Waals surface area (Å²) in [6.07, 6.45) is 2.25. The Labute approximate surface area is 184 Å². The number of aryl methyl sites for hydroxylation is 1. The number of hydrogen-bond acceptors (Lipinski definition) is 3. The fourth-order valence-corrected chi connectivity index (χ4v) is 3.64. The Morgan fingerprint density at radius 2 is 1.83 bits per heavy atom. The quantitative estimate of drug-likeness (QED) is 0.650. The number of hydrogen-bond donors (Lipinski definition) is 3. The molecule has 4 N–H and O–H groups in total. The smallest absolute Gasteiger partial charge is 0.319 e. The average molecular weight is 431 g/mol. The lowest BCUT2D eigenvalue weighted by molar-refractivity contribution is -0.133. The van der Waals surface area contributed by atoms with Crippen molar-refractivity contribution in [1.82, 2.24) is 10.2 Å². The van der Waals surface area contributed by atoms with Crippen LogP contribution in [0.25, 0.3) is 0 Å². The Hall–Kier alpha value is -2.57. The molecule has 3 rings (SSSR count). The van der Waals surface area contributed by atoms with E-state index in [0.717, 1.165) is 36.2 Å². The molecule has 3 amide bonds. The number of piperidine rings is 1. The van der Waals surface area contributed by atoms with Crippen LogP contribution in [0.3, 0.4) is 0 Å². The summed E-state index contributed by atoms with van der Waals surface area (Å²) >= 11 is 0. The van der Waals surface area contributed by atoms with Gasteiger partial charge in [0.25, 0.3) is 0 Å². The van der Waals surface area contributed by atoms with Gasteiger partial charge in [-0.2, -0.15) is 0 Å². The van der Waals surface area contributed by atoms with Crippen LogP contribution in [0.2, 0.25) is 0 Å². The summed E-state index contributed by atoms with van der Waals surface area (Å²) in [5.74, 6) is 0.333. The van der Waals surface area contributed by atoms with Gasteiger partial charge in [-0.1, -0.05) is 48.0 Å². The van der Waals surface area contributed by atoms with Crippen molar-refractivity contribution in [3.05, 3.63) is 65.7 Å². The van der Waals surface area contributed by atoms with E-state index in [-0.39, 0.29) is 36.3 Å². The minimum Gasteiger partial charge on any atom is -0.342 e. The van der Waals surface area contributed by atoms with Crippen molar-refractivity contribution in [2.75, 3.05) is 25.0 Å². The first-order valence-electron chi connectivity index (χ1n) is 10.2. The minimum absolute atomic E-state index is 0. The zero-order valence-corrected chi connectivity index (χ0v) is 18.2. The van der Waals surface area contributed by atoms with E-state index in [0.29, 0.717) is 19.5 Å². The first kappa shape index (κ1) is 23.7. The Morgan fingerprint density at radius 1 is 1.13 bits per heavy atom. The summed E-state index contributed by atoms with van der Waals surface area (Å²) in [5, 5.41) is 5.77. The third-order valence-electron chi connectivity index (χ3n) is 5.35. The summed E-state index contributed by atoms with van der Waals surface area (Å²) in [6, 6.07) is 16.9. The molecule has 0 aliphatic carbocycles. The maximum absolute atomic E-state index is 12.7. The predicted molar refractivity (Wildman–Crippen MR) is 123 cm³/mol. The molecule has 7 heteroatoms. The van der Waals surface area contributed by atoms with Crippen LogP contribution < -0.4 is 16.4 Å². The largest absolute Gasteiger partial charge is 0.342 e. The molecule has 1 fully saturated rings. The van der Waals surface area contributed by atoms with Crippen LogP contribution in [-0.4, -0.2) is 36.5 Å². The van der Waals surface area contributed by atoms with Gasteiger partial charge in [0.05, 0.1) is 0 Å². The molecule has 0 saturated carbocycles. The summed E-state index contributed by atoms with van der Waals surface area (Å²) < 4.78 is 0. The number of carbonyl (C=O) groups excluding carboxylic acids is 2. The first-order valence-corrected chi connectivity index (χ1v) is 10.2. The second-order valence-corrected chi connectivity index (χ2v) is 7.77. The molecule has 2 atom stereocenters. The monoisotopic (exact) mass is 430 g/mol. The van der Waals surface area contributed by atoms with Crippen LogP contribution in [0.15, 0.2) is 54.6 Å². The van der Waals surface area contributed by atoms with Crippen LogP contribution in [-0.2, 0) is 4.79 Å². The van der Waals surface area contributed by atoms with E-state index >= 15 is 0 Å². The summed E-state index contributed by atoms with van der Waals surface area (Å²) in [6.45, 7) is 3.97. The van der Waals surface area contributed by atoms with Gasteiger partial charge in [-0.25, -0.2) is 4.79 Å². The molecule has 1 saturated heterocycles. The third kappa shape index (κ3) is 7.04. The number of halogens is 1. The van der Waals surface area contributed by atoms with Crippen molar-refractivity contribution < 1.29 is 9.59 Å². The fraction of sp³-hybridized carbons (Fsp3) is 0.391. The lowest BCUT2D eigenvalue weighted by atomic mass is 9.96. The maximum Gasteiger partial charge on any atom is 0.319 e. The van der Waals surface area contributed by atoms with Crippen molar-refractivity contribution in [2.45, 2.75) is 32.2 Å². The Morgan fingerprint density at radius 3 is 2.53 bits per heavy atom.